The van der Waals surface area contributed by atoms with Gasteiger partial charge in [-0.25, -0.2) is 4.68 Å². The summed E-state index contributed by atoms with van der Waals surface area (Å²) in [4.78, 5) is 14.3. The lowest BCUT2D eigenvalue weighted by Crippen LogP contribution is -2.26. The number of aryl methyl sites for hydroxylation is 1. The number of para-hydroxylation sites is 2. The van der Waals surface area contributed by atoms with Crippen LogP contribution in [-0.4, -0.2) is 35.8 Å². The Hall–Kier alpha value is -3.08. The van der Waals surface area contributed by atoms with Crippen molar-refractivity contribution in [2.24, 2.45) is 0 Å². The Balaban J connectivity index is 1.30. The van der Waals surface area contributed by atoms with E-state index in [-0.39, 0.29) is 5.91 Å². The quantitative estimate of drug-likeness (QED) is 0.547. The zero-order valence-corrected chi connectivity index (χ0v) is 16.4. The second-order valence-electron chi connectivity index (χ2n) is 6.94. The highest BCUT2D eigenvalue weighted by molar-refractivity contribution is 5.76. The lowest BCUT2D eigenvalue weighted by molar-refractivity contribution is -0.121. The van der Waals surface area contributed by atoms with Crippen molar-refractivity contribution in [1.29, 1.82) is 0 Å². The molecule has 1 N–H and O–H groups in total. The third-order valence-corrected chi connectivity index (χ3v) is 4.74. The fourth-order valence-corrected chi connectivity index (χ4v) is 3.07. The topological polar surface area (TPSA) is 50.2 Å². The van der Waals surface area contributed by atoms with Gasteiger partial charge in [0.1, 0.15) is 0 Å². The number of hydrogen-bond donors (Lipinski definition) is 1. The Morgan fingerprint density at radius 3 is 2.50 bits per heavy atom. The molecule has 2 aromatic carbocycles. The maximum Gasteiger partial charge on any atom is 0.220 e. The van der Waals surface area contributed by atoms with Gasteiger partial charge in [-0.2, -0.15) is 5.10 Å². The summed E-state index contributed by atoms with van der Waals surface area (Å²) in [6.45, 7) is 1.71. The molecular formula is C23H28N4O. The molecule has 1 aromatic heterocycles. The van der Waals surface area contributed by atoms with E-state index < -0.39 is 0 Å². The van der Waals surface area contributed by atoms with Gasteiger partial charge >= 0.3 is 0 Å². The highest BCUT2D eigenvalue weighted by Gasteiger charge is 2.05. The first-order chi connectivity index (χ1) is 13.7. The molecule has 146 valence electrons. The Labute approximate surface area is 167 Å². The summed E-state index contributed by atoms with van der Waals surface area (Å²) < 4.78 is 1.84. The molecule has 0 unspecified atom stereocenters. The van der Waals surface area contributed by atoms with Crippen LogP contribution in [0.1, 0.15) is 24.8 Å². The number of hydrogen-bond acceptors (Lipinski definition) is 3. The average molecular weight is 377 g/mol. The van der Waals surface area contributed by atoms with E-state index in [1.165, 1.54) is 5.69 Å². The zero-order chi connectivity index (χ0) is 19.6. The van der Waals surface area contributed by atoms with Crippen LogP contribution < -0.4 is 10.2 Å². The molecule has 0 aliphatic heterocycles. The molecule has 0 radical (unpaired) electrons. The third kappa shape index (κ3) is 5.98. The van der Waals surface area contributed by atoms with Crippen LogP contribution in [0.5, 0.6) is 0 Å². The van der Waals surface area contributed by atoms with Gasteiger partial charge in [-0.1, -0.05) is 36.4 Å². The van der Waals surface area contributed by atoms with Crippen LogP contribution in [0.25, 0.3) is 5.69 Å². The van der Waals surface area contributed by atoms with Gasteiger partial charge in [0.25, 0.3) is 0 Å². The molecule has 0 saturated heterocycles. The molecule has 0 bridgehead atoms. The van der Waals surface area contributed by atoms with Crippen molar-refractivity contribution < 1.29 is 4.79 Å². The van der Waals surface area contributed by atoms with Gasteiger partial charge in [0, 0.05) is 38.4 Å². The van der Waals surface area contributed by atoms with Crippen LogP contribution >= 0.6 is 0 Å². The molecule has 0 spiro atoms. The lowest BCUT2D eigenvalue weighted by Gasteiger charge is -2.19. The van der Waals surface area contributed by atoms with Crippen molar-refractivity contribution in [3.05, 3.63) is 78.6 Å². The van der Waals surface area contributed by atoms with Crippen LogP contribution in [0.3, 0.4) is 0 Å². The van der Waals surface area contributed by atoms with Crippen molar-refractivity contribution in [2.45, 2.75) is 25.7 Å². The summed E-state index contributed by atoms with van der Waals surface area (Å²) in [5.74, 6) is 0.101. The molecule has 3 aromatic rings. The molecule has 5 heteroatoms. The number of anilines is 1. The first kappa shape index (κ1) is 19.7. The molecule has 28 heavy (non-hydrogen) atoms. The van der Waals surface area contributed by atoms with E-state index in [1.54, 1.807) is 0 Å². The summed E-state index contributed by atoms with van der Waals surface area (Å²) in [7, 11) is 2.10. The van der Waals surface area contributed by atoms with Gasteiger partial charge < -0.3 is 10.2 Å². The van der Waals surface area contributed by atoms with Gasteiger partial charge in [0.2, 0.25) is 5.91 Å². The zero-order valence-electron chi connectivity index (χ0n) is 16.4. The standard InChI is InChI=1S/C23H28N4O/c1-26(21-10-4-2-5-11-21)17-9-8-16-24-23(28)15-14-20-18-25-27(19-20)22-12-6-3-7-13-22/h2-7,10-13,18-19H,8-9,14-17H2,1H3,(H,24,28). The highest BCUT2D eigenvalue weighted by atomic mass is 16.1. The highest BCUT2D eigenvalue weighted by Crippen LogP contribution is 2.11. The number of amides is 1. The minimum absolute atomic E-state index is 0.101. The smallest absolute Gasteiger partial charge is 0.220 e. The Kier molecular flexibility index (Phi) is 7.24. The Bertz CT molecular complexity index is 845. The molecule has 1 heterocycles. The molecule has 5 nitrogen and oxygen atoms in total. The largest absolute Gasteiger partial charge is 0.375 e. The molecule has 0 aliphatic rings. The SMILES string of the molecule is CN(CCCCNC(=O)CCc1cnn(-c2ccccc2)c1)c1ccccc1. The third-order valence-electron chi connectivity index (χ3n) is 4.74. The van der Waals surface area contributed by atoms with Crippen molar-refractivity contribution in [2.75, 3.05) is 25.0 Å². The van der Waals surface area contributed by atoms with E-state index in [9.17, 15) is 4.79 Å². The second-order valence-corrected chi connectivity index (χ2v) is 6.94. The van der Waals surface area contributed by atoms with E-state index in [4.69, 9.17) is 0 Å². The van der Waals surface area contributed by atoms with E-state index in [0.717, 1.165) is 37.2 Å². The minimum atomic E-state index is 0.101. The summed E-state index contributed by atoms with van der Waals surface area (Å²) in [5, 5.41) is 7.39. The summed E-state index contributed by atoms with van der Waals surface area (Å²) in [6.07, 6.45) is 7.05. The van der Waals surface area contributed by atoms with Crippen LogP contribution in [-0.2, 0) is 11.2 Å². The maximum absolute atomic E-state index is 12.1. The van der Waals surface area contributed by atoms with Crippen LogP contribution in [0.2, 0.25) is 0 Å². The van der Waals surface area contributed by atoms with Gasteiger partial charge in [-0.05, 0) is 49.1 Å². The van der Waals surface area contributed by atoms with Crippen molar-refractivity contribution >= 4 is 11.6 Å². The predicted molar refractivity (Wildman–Crippen MR) is 114 cm³/mol. The molecule has 0 saturated carbocycles. The van der Waals surface area contributed by atoms with E-state index in [1.807, 2.05) is 53.5 Å². The second kappa shape index (κ2) is 10.3. The Morgan fingerprint density at radius 1 is 1.04 bits per heavy atom. The fraction of sp³-hybridized carbons (Fsp3) is 0.304. The maximum atomic E-state index is 12.1. The number of carbonyl (C=O) groups is 1. The van der Waals surface area contributed by atoms with Crippen LogP contribution in [0.15, 0.2) is 73.1 Å². The number of carbonyl (C=O) groups excluding carboxylic acids is 1. The first-order valence-electron chi connectivity index (χ1n) is 9.84. The first-order valence-corrected chi connectivity index (χ1v) is 9.84. The van der Waals surface area contributed by atoms with E-state index >= 15 is 0 Å². The van der Waals surface area contributed by atoms with Crippen LogP contribution in [0, 0.1) is 0 Å². The van der Waals surface area contributed by atoms with E-state index in [2.05, 4.69) is 46.6 Å². The summed E-state index contributed by atoms with van der Waals surface area (Å²) >= 11 is 0. The van der Waals surface area contributed by atoms with Crippen molar-refractivity contribution in [3.8, 4) is 5.69 Å². The number of nitrogens with one attached hydrogen (secondary N) is 1. The molecule has 3 rings (SSSR count). The Morgan fingerprint density at radius 2 is 1.75 bits per heavy atom. The monoisotopic (exact) mass is 376 g/mol. The van der Waals surface area contributed by atoms with Crippen molar-refractivity contribution in [1.82, 2.24) is 15.1 Å². The lowest BCUT2D eigenvalue weighted by atomic mass is 10.2. The number of unbranched alkanes of at least 4 members (excludes halogenated alkanes) is 1. The molecular weight excluding hydrogens is 348 g/mol. The van der Waals surface area contributed by atoms with Gasteiger partial charge in [0.15, 0.2) is 0 Å². The number of benzene rings is 2. The normalized spacial score (nSPS) is 10.6. The van der Waals surface area contributed by atoms with Gasteiger partial charge in [-0.15, -0.1) is 0 Å². The number of nitrogens with zero attached hydrogens (tertiary/aromatic N) is 3. The average Bonchev–Trinajstić information content (AvgIpc) is 3.22. The summed E-state index contributed by atoms with van der Waals surface area (Å²) in [5.41, 5.74) is 3.32. The number of rotatable bonds is 10. The molecule has 0 fully saturated rings. The van der Waals surface area contributed by atoms with Crippen molar-refractivity contribution in [3.63, 3.8) is 0 Å². The fourth-order valence-electron chi connectivity index (χ4n) is 3.07. The van der Waals surface area contributed by atoms with E-state index in [0.29, 0.717) is 12.8 Å². The van der Waals surface area contributed by atoms with Crippen LogP contribution in [0.4, 0.5) is 5.69 Å². The predicted octanol–water partition coefficient (Wildman–Crippen LogP) is 3.84. The molecule has 0 aliphatic carbocycles. The molecule has 1 amide bonds. The summed E-state index contributed by atoms with van der Waals surface area (Å²) in [6, 6.07) is 20.3. The minimum Gasteiger partial charge on any atom is -0.375 e. The molecule has 0 atom stereocenters. The number of aromatic nitrogens is 2. The van der Waals surface area contributed by atoms with Gasteiger partial charge in [-0.3, -0.25) is 4.79 Å². The van der Waals surface area contributed by atoms with Gasteiger partial charge in [0.05, 0.1) is 11.9 Å².